The molecule has 5 heteroatoms. The second kappa shape index (κ2) is 8.43. The van der Waals surface area contributed by atoms with Crippen molar-refractivity contribution < 1.29 is 45.5 Å². The summed E-state index contributed by atoms with van der Waals surface area (Å²) >= 11 is 2.29. The number of nitrogens with zero attached hydrogens (tertiary/aromatic N) is 1. The van der Waals surface area contributed by atoms with Gasteiger partial charge >= 0.3 is 127 Å². The zero-order chi connectivity index (χ0) is 14.2. The predicted molar refractivity (Wildman–Crippen MR) is 79.8 cm³/mol. The van der Waals surface area contributed by atoms with E-state index in [1.54, 1.807) is 11.3 Å². The van der Waals surface area contributed by atoms with Crippen molar-refractivity contribution in [1.82, 2.24) is 3.38 Å². The molecule has 0 radical (unpaired) electrons. The van der Waals surface area contributed by atoms with Gasteiger partial charge in [-0.2, -0.15) is 0 Å². The van der Waals surface area contributed by atoms with Crippen LogP contribution in [0.1, 0.15) is 41.5 Å². The van der Waals surface area contributed by atoms with Crippen LogP contribution in [0, 0.1) is 5.92 Å². The van der Waals surface area contributed by atoms with Crippen molar-refractivity contribution >= 4 is 8.80 Å². The van der Waals surface area contributed by atoms with Crippen molar-refractivity contribution in [3.05, 3.63) is 22.4 Å². The van der Waals surface area contributed by atoms with E-state index in [2.05, 4.69) is 78.7 Å². The van der Waals surface area contributed by atoms with Gasteiger partial charge in [-0.15, -0.1) is 0 Å². The maximum atomic E-state index is 2.56. The molecule has 1 unspecified atom stereocenters. The van der Waals surface area contributed by atoms with Gasteiger partial charge in [-0.25, -0.2) is 0 Å². The van der Waals surface area contributed by atoms with Gasteiger partial charge in [0.15, 0.2) is 0 Å². The average Bonchev–Trinajstić information content (AvgIpc) is 2.41. The van der Waals surface area contributed by atoms with Crippen molar-refractivity contribution in [2.75, 3.05) is 0 Å². The van der Waals surface area contributed by atoms with Gasteiger partial charge in [0.05, 0.1) is 0 Å². The number of hydrogen-bond acceptors (Lipinski definition) is 1. The summed E-state index contributed by atoms with van der Waals surface area (Å²) in [5.74, 6) is 0.586. The summed E-state index contributed by atoms with van der Waals surface area (Å²) < 4.78 is 2.56. The normalized spacial score (nSPS) is 19.2. The van der Waals surface area contributed by atoms with Crippen molar-refractivity contribution in [1.29, 1.82) is 0 Å². The van der Waals surface area contributed by atoms with E-state index in [4.69, 9.17) is 0 Å². The molecular formula is C15H28Cl2NSiTi. The average molecular weight is 369 g/mol. The molecule has 115 valence electrons. The van der Waals surface area contributed by atoms with Crippen molar-refractivity contribution in [3.63, 3.8) is 0 Å². The molecule has 0 N–H and O–H groups in total. The van der Waals surface area contributed by atoms with Gasteiger partial charge in [-0.05, 0) is 0 Å². The zero-order valence-electron chi connectivity index (χ0n) is 14.1. The van der Waals surface area contributed by atoms with E-state index in [1.165, 1.54) is 17.2 Å². The van der Waals surface area contributed by atoms with Gasteiger partial charge in [0.25, 0.3) is 0 Å². The van der Waals surface area contributed by atoms with Gasteiger partial charge in [0, 0.05) is 0 Å². The summed E-state index contributed by atoms with van der Waals surface area (Å²) in [6.07, 6.45) is 0. The third kappa shape index (κ3) is 4.64. The van der Waals surface area contributed by atoms with Crippen LogP contribution in [0.4, 0.5) is 0 Å². The molecule has 20 heavy (non-hydrogen) atoms. The molecule has 0 aromatic carbocycles. The molecular weight excluding hydrogens is 341 g/mol. The van der Waals surface area contributed by atoms with E-state index in [0.29, 0.717) is 5.92 Å². The van der Waals surface area contributed by atoms with Gasteiger partial charge in [0.2, 0.25) is 0 Å². The van der Waals surface area contributed by atoms with Crippen LogP contribution in [0.2, 0.25) is 19.1 Å². The third-order valence-electron chi connectivity index (χ3n) is 4.35. The van der Waals surface area contributed by atoms with Crippen LogP contribution in [-0.2, 0) is 20.7 Å². The number of hydrogen-bond donors (Lipinski definition) is 0. The van der Waals surface area contributed by atoms with Gasteiger partial charge in [-0.1, -0.05) is 0 Å². The Hall–Kier alpha value is 0.791. The Balaban J connectivity index is 0. The van der Waals surface area contributed by atoms with E-state index in [9.17, 15) is 0 Å². The molecule has 1 nitrogen and oxygen atoms in total. The van der Waals surface area contributed by atoms with E-state index in [1.807, 2.05) is 0 Å². The maximum absolute atomic E-state index is 2.56. The topological polar surface area (TPSA) is 3.24 Å². The molecule has 0 aromatic rings. The Bertz CT molecular complexity index is 403. The Morgan fingerprint density at radius 3 is 1.85 bits per heavy atom. The summed E-state index contributed by atoms with van der Waals surface area (Å²) in [7, 11) is -0.544. The first-order valence-corrected chi connectivity index (χ1v) is 10.8. The standard InChI is InChI=1S/C15H28NSi.2ClH.Ti/c1-10-11(2)13(4)14(12(10)3)16-15(5,6)9-17(7)8;;;/h12,17H,9H2,1-8H3;2*1H;/q-1;;;+3/p-2. The molecule has 0 saturated carbocycles. The molecule has 0 bridgehead atoms. The number of halogens is 2. The molecule has 0 fully saturated rings. The van der Waals surface area contributed by atoms with Crippen LogP contribution in [0.25, 0.3) is 0 Å². The smallest absolute Gasteiger partial charge is 1.00 e. The Morgan fingerprint density at radius 1 is 1.10 bits per heavy atom. The van der Waals surface area contributed by atoms with Crippen molar-refractivity contribution in [2.24, 2.45) is 5.92 Å². The van der Waals surface area contributed by atoms with E-state index in [-0.39, 0.29) is 30.4 Å². The molecule has 0 saturated heterocycles. The number of allylic oxidation sites excluding steroid dienone is 3. The summed E-state index contributed by atoms with van der Waals surface area (Å²) in [6.45, 7) is 18.9. The van der Waals surface area contributed by atoms with Crippen LogP contribution in [0.15, 0.2) is 22.4 Å². The fraction of sp³-hybridized carbons (Fsp3) is 0.733. The van der Waals surface area contributed by atoms with Gasteiger partial charge in [0.1, 0.15) is 0 Å². The summed E-state index contributed by atoms with van der Waals surface area (Å²) in [5, 5.41) is 0. The molecule has 1 atom stereocenters. The minimum absolute atomic E-state index is 0. The monoisotopic (exact) mass is 368 g/mol. The molecule has 1 aliphatic carbocycles. The first kappa shape index (κ1) is 23.1. The fourth-order valence-electron chi connectivity index (χ4n) is 3.12. The second-order valence-corrected chi connectivity index (χ2v) is 10.7. The Labute approximate surface area is 151 Å². The molecule has 0 aromatic heterocycles. The Morgan fingerprint density at radius 2 is 1.55 bits per heavy atom. The van der Waals surface area contributed by atoms with Crippen LogP contribution >= 0.6 is 0 Å². The van der Waals surface area contributed by atoms with Gasteiger partial charge < -0.3 is 24.8 Å². The number of rotatable bonds is 4. The quantitative estimate of drug-likeness (QED) is 0.534. The van der Waals surface area contributed by atoms with Crippen LogP contribution in [0.5, 0.6) is 0 Å². The molecule has 1 aliphatic rings. The molecule has 0 amide bonds. The van der Waals surface area contributed by atoms with E-state index in [0.717, 1.165) is 0 Å². The van der Waals surface area contributed by atoms with E-state index >= 15 is 0 Å². The first-order valence-electron chi connectivity index (χ1n) is 6.99. The largest absolute Gasteiger partial charge is 1.00 e. The van der Waals surface area contributed by atoms with Crippen molar-refractivity contribution in [3.8, 4) is 0 Å². The molecule has 0 aliphatic heterocycles. The minimum atomic E-state index is -0.544. The molecule has 0 heterocycles. The SMILES string of the molecule is CC1=C(C)C(C)C([N]([Ti+2])C(C)(C)C[SiH](C)C)=C1C.[Cl-].[Cl-]. The minimum Gasteiger partial charge on any atom is -1.00 e. The fourth-order valence-corrected chi connectivity index (χ4v) is 6.29. The first-order chi connectivity index (χ1) is 8.09. The van der Waals surface area contributed by atoms with Gasteiger partial charge in [-0.3, -0.25) is 0 Å². The second-order valence-electron chi connectivity index (χ2n) is 6.79. The summed E-state index contributed by atoms with van der Waals surface area (Å²) in [5.41, 5.74) is 6.38. The summed E-state index contributed by atoms with van der Waals surface area (Å²) in [6, 6.07) is 1.37. The van der Waals surface area contributed by atoms with Crippen LogP contribution in [0.3, 0.4) is 0 Å². The van der Waals surface area contributed by atoms with Crippen LogP contribution in [-0.4, -0.2) is 17.7 Å². The molecule has 1 rings (SSSR count). The zero-order valence-corrected chi connectivity index (χ0v) is 18.3. The predicted octanol–water partition coefficient (Wildman–Crippen LogP) is -1.72. The van der Waals surface area contributed by atoms with Crippen molar-refractivity contribution in [2.45, 2.75) is 66.2 Å². The Kier molecular flexibility index (Phi) is 9.72. The van der Waals surface area contributed by atoms with E-state index < -0.39 is 8.80 Å². The third-order valence-corrected chi connectivity index (χ3v) is 7.49. The van der Waals surface area contributed by atoms with Crippen LogP contribution < -0.4 is 24.8 Å². The maximum Gasteiger partial charge on any atom is -1.00 e. The summed E-state index contributed by atoms with van der Waals surface area (Å²) in [4.78, 5) is 0. The molecule has 0 spiro atoms.